The van der Waals surface area contributed by atoms with Crippen LogP contribution in [-0.4, -0.2) is 26.2 Å². The van der Waals surface area contributed by atoms with Crippen molar-refractivity contribution in [3.63, 3.8) is 0 Å². The molecule has 0 rings (SSSR count). The van der Waals surface area contributed by atoms with Gasteiger partial charge in [0.25, 0.3) is 0 Å². The topological polar surface area (TPSA) is 0 Å². The van der Waals surface area contributed by atoms with Crippen molar-refractivity contribution in [2.24, 2.45) is 0 Å². The molecule has 0 N–H and O–H groups in total. The van der Waals surface area contributed by atoms with E-state index in [1.165, 1.54) is 0 Å². The molecule has 0 nitrogen and oxygen atoms in total. The summed E-state index contributed by atoms with van der Waals surface area (Å²) in [6.45, 7) is 0. The predicted molar refractivity (Wildman–Crippen MR) is 5.75 cm³/mol. The van der Waals surface area contributed by atoms with Crippen molar-refractivity contribution in [2.45, 2.75) is 0 Å². The minimum absolute atomic E-state index is 0. The maximum Gasteiger partial charge on any atom is 0 e. The van der Waals surface area contributed by atoms with Crippen LogP contribution in [0.5, 0.6) is 0 Å². The van der Waals surface area contributed by atoms with Crippen LogP contribution in [0.4, 0.5) is 0 Å². The van der Waals surface area contributed by atoms with E-state index in [1.807, 2.05) is 0 Å². The van der Waals surface area contributed by atoms with E-state index < -0.39 is 0 Å². The summed E-state index contributed by atoms with van der Waals surface area (Å²) in [5.74, 6) is 0. The molecule has 0 aliphatic carbocycles. The SMILES string of the molecule is [Bi].[Mo].[Nb].[Zr]. The Labute approximate surface area is 93.9 Å². The molecule has 4 radical (unpaired) electrons. The molecule has 0 aromatic heterocycles. The van der Waals surface area contributed by atoms with Crippen molar-refractivity contribution in [3.05, 3.63) is 0 Å². The van der Waals surface area contributed by atoms with Gasteiger partial charge in [-0.2, -0.15) is 0 Å². The first-order valence-corrected chi connectivity index (χ1v) is 0. The Bertz CT molecular complexity index is 8.00. The Morgan fingerprint density at radius 2 is 1.00 bits per heavy atom. The summed E-state index contributed by atoms with van der Waals surface area (Å²) in [6, 6.07) is 0. The van der Waals surface area contributed by atoms with Crippen LogP contribution < -0.4 is 0 Å². The van der Waals surface area contributed by atoms with Gasteiger partial charge in [-0.15, -0.1) is 0 Å². The van der Waals surface area contributed by atoms with Gasteiger partial charge in [0.2, 0.25) is 0 Å². The molecule has 0 aromatic carbocycles. The third kappa shape index (κ3) is 8.96. The zero-order chi connectivity index (χ0) is 0. The van der Waals surface area contributed by atoms with Crippen LogP contribution in [0.1, 0.15) is 0 Å². The second kappa shape index (κ2) is 16.4. The molecule has 0 aromatic rings. The molecule has 0 saturated heterocycles. The van der Waals surface area contributed by atoms with Crippen molar-refractivity contribution in [1.29, 1.82) is 0 Å². The fraction of sp³-hybridized carbons (Fsp3) is 0. The molecule has 0 aliphatic heterocycles. The molecule has 0 unspecified atom stereocenters. The van der Waals surface area contributed by atoms with Gasteiger partial charge in [-0.1, -0.05) is 0 Å². The molecule has 0 saturated carbocycles. The third-order valence-electron chi connectivity index (χ3n) is 0. The minimum Gasteiger partial charge on any atom is 0 e. The third-order valence-corrected chi connectivity index (χ3v) is 0. The molecule has 0 amide bonds. The molecular formula is BiMoNbZr. The van der Waals surface area contributed by atoms with Crippen LogP contribution in [0.25, 0.3) is 0 Å². The summed E-state index contributed by atoms with van der Waals surface area (Å²) in [4.78, 5) is 0. The summed E-state index contributed by atoms with van der Waals surface area (Å²) in [5.41, 5.74) is 0. The Morgan fingerprint density at radius 3 is 1.00 bits per heavy atom. The zero-order valence-electron chi connectivity index (χ0n) is 1.80. The van der Waals surface area contributed by atoms with Crippen molar-refractivity contribution in [3.8, 4) is 0 Å². The van der Waals surface area contributed by atoms with Crippen LogP contribution in [-0.2, 0) is 69.6 Å². The van der Waals surface area contributed by atoms with Gasteiger partial charge in [0.15, 0.2) is 0 Å². The van der Waals surface area contributed by atoms with Crippen molar-refractivity contribution in [1.82, 2.24) is 0 Å². The van der Waals surface area contributed by atoms with Gasteiger partial charge in [-0.05, 0) is 0 Å². The molecule has 20 valence electrons. The van der Waals surface area contributed by atoms with Gasteiger partial charge in [0, 0.05) is 95.9 Å². The van der Waals surface area contributed by atoms with Gasteiger partial charge in [-0.3, -0.25) is 0 Å². The Kier molecular flexibility index (Phi) is 111. The first-order valence-electron chi connectivity index (χ1n) is 0. The first kappa shape index (κ1) is 27.1. The summed E-state index contributed by atoms with van der Waals surface area (Å²) in [6.07, 6.45) is 0. The number of hydrogen-bond acceptors (Lipinski definition) is 0. The first-order chi connectivity index (χ1) is 0. The van der Waals surface area contributed by atoms with E-state index in [4.69, 9.17) is 0 Å². The summed E-state index contributed by atoms with van der Waals surface area (Å²) in [7, 11) is 0. The van der Waals surface area contributed by atoms with E-state index in [0.29, 0.717) is 0 Å². The van der Waals surface area contributed by atoms with Gasteiger partial charge < -0.3 is 0 Å². The van der Waals surface area contributed by atoms with Gasteiger partial charge in [-0.25, -0.2) is 0 Å². The van der Waals surface area contributed by atoms with Crippen LogP contribution in [0.3, 0.4) is 0 Å². The van der Waals surface area contributed by atoms with E-state index in [9.17, 15) is 0 Å². The van der Waals surface area contributed by atoms with E-state index in [-0.39, 0.29) is 95.9 Å². The molecule has 0 heterocycles. The molecule has 0 aliphatic rings. The smallest absolute Gasteiger partial charge is 0 e. The van der Waals surface area contributed by atoms with Crippen molar-refractivity contribution < 1.29 is 69.6 Å². The van der Waals surface area contributed by atoms with Gasteiger partial charge in [0.05, 0.1) is 0 Å². The van der Waals surface area contributed by atoms with E-state index >= 15 is 0 Å². The van der Waals surface area contributed by atoms with Gasteiger partial charge >= 0.3 is 0 Å². The summed E-state index contributed by atoms with van der Waals surface area (Å²) < 4.78 is 0. The number of rotatable bonds is 0. The second-order valence-corrected chi connectivity index (χ2v) is 0. The zero-order valence-corrected chi connectivity index (χ0v) is 11.9. The van der Waals surface area contributed by atoms with Crippen molar-refractivity contribution >= 4 is 26.2 Å². The quantitative estimate of drug-likeness (QED) is 0.408. The molecule has 4 heavy (non-hydrogen) atoms. The standard InChI is InChI=1S/Bi.Mo.Nb.Zr. The monoisotopic (exact) mass is 490 g/mol. The Balaban J connectivity index is 0. The average Bonchev–Trinajstić information content (AvgIpc) is 0. The summed E-state index contributed by atoms with van der Waals surface area (Å²) in [5, 5.41) is 0. The molecule has 0 spiro atoms. The van der Waals surface area contributed by atoms with Crippen LogP contribution in [0.2, 0.25) is 0 Å². The minimum atomic E-state index is 0. The van der Waals surface area contributed by atoms with Crippen LogP contribution >= 0.6 is 0 Å². The second-order valence-electron chi connectivity index (χ2n) is 0. The molecule has 0 fully saturated rings. The Morgan fingerprint density at radius 1 is 1.00 bits per heavy atom. The van der Waals surface area contributed by atoms with Crippen molar-refractivity contribution in [2.75, 3.05) is 0 Å². The fourth-order valence-corrected chi connectivity index (χ4v) is 0. The fourth-order valence-electron chi connectivity index (χ4n) is 0. The Hall–Kier alpha value is 3.19. The van der Waals surface area contributed by atoms with Crippen LogP contribution in [0.15, 0.2) is 0 Å². The molecular weight excluding hydrogens is 489 g/mol. The largest absolute Gasteiger partial charge is 0 e. The molecule has 4 heteroatoms. The normalized spacial score (nSPS) is 0. The average molecular weight is 489 g/mol. The maximum atomic E-state index is 0. The molecule has 0 bridgehead atoms. The summed E-state index contributed by atoms with van der Waals surface area (Å²) >= 11 is 0. The van der Waals surface area contributed by atoms with Crippen LogP contribution in [0, 0.1) is 0 Å². The maximum absolute atomic E-state index is 0. The predicted octanol–water partition coefficient (Wildman–Crippen LogP) is -0.388. The van der Waals surface area contributed by atoms with E-state index in [2.05, 4.69) is 0 Å². The number of hydrogen-bond donors (Lipinski definition) is 0. The van der Waals surface area contributed by atoms with E-state index in [1.54, 1.807) is 0 Å². The molecule has 0 atom stereocenters. The van der Waals surface area contributed by atoms with E-state index in [0.717, 1.165) is 0 Å². The van der Waals surface area contributed by atoms with Gasteiger partial charge in [0.1, 0.15) is 0 Å².